The molecule has 88 valence electrons. The van der Waals surface area contributed by atoms with Crippen LogP contribution in [0.15, 0.2) is 28.7 Å². The van der Waals surface area contributed by atoms with Gasteiger partial charge >= 0.3 is 0 Å². The Morgan fingerprint density at radius 2 is 2.24 bits per heavy atom. The van der Waals surface area contributed by atoms with Gasteiger partial charge in [0, 0.05) is 28.1 Å². The van der Waals surface area contributed by atoms with E-state index in [0.29, 0.717) is 18.0 Å². The van der Waals surface area contributed by atoms with Crippen molar-refractivity contribution in [1.29, 1.82) is 0 Å². The Morgan fingerprint density at radius 3 is 3.00 bits per heavy atom. The summed E-state index contributed by atoms with van der Waals surface area (Å²) in [5.41, 5.74) is 1.37. The molecular formula is C13H11BrFNO. The molecule has 1 aliphatic heterocycles. The van der Waals surface area contributed by atoms with Gasteiger partial charge in [0.15, 0.2) is 5.82 Å². The topological polar surface area (TPSA) is 22.1 Å². The molecule has 1 aromatic heterocycles. The van der Waals surface area contributed by atoms with Crippen LogP contribution in [0.5, 0.6) is 0 Å². The molecule has 1 aliphatic rings. The van der Waals surface area contributed by atoms with E-state index in [0.717, 1.165) is 28.6 Å². The number of nitrogens with zero attached hydrogens (tertiary/aromatic N) is 1. The van der Waals surface area contributed by atoms with E-state index in [1.807, 2.05) is 18.2 Å². The smallest absolute Gasteiger partial charge is 0.150 e. The molecule has 0 amide bonds. The van der Waals surface area contributed by atoms with E-state index >= 15 is 0 Å². The summed E-state index contributed by atoms with van der Waals surface area (Å²) in [6.45, 7) is 1.46. The van der Waals surface area contributed by atoms with Crippen LogP contribution in [-0.2, 0) is 4.74 Å². The summed E-state index contributed by atoms with van der Waals surface area (Å²) in [6.07, 6.45) is 0.969. The normalized spacial score (nSPS) is 20.0. The fraction of sp³-hybridized carbons (Fsp3) is 0.308. The average molecular weight is 296 g/mol. The first-order valence-electron chi connectivity index (χ1n) is 5.57. The molecule has 0 aliphatic carbocycles. The van der Waals surface area contributed by atoms with Crippen LogP contribution in [0.1, 0.15) is 18.0 Å². The average Bonchev–Trinajstić information content (AvgIpc) is 2.82. The molecule has 4 heteroatoms. The maximum absolute atomic E-state index is 13.8. The van der Waals surface area contributed by atoms with Gasteiger partial charge in [0.05, 0.1) is 6.61 Å². The molecule has 1 saturated heterocycles. The highest BCUT2D eigenvalue weighted by Gasteiger charge is 2.19. The van der Waals surface area contributed by atoms with Gasteiger partial charge in [-0.15, -0.1) is 0 Å². The predicted molar refractivity (Wildman–Crippen MR) is 67.6 cm³/mol. The molecule has 3 rings (SSSR count). The molecule has 0 bridgehead atoms. The van der Waals surface area contributed by atoms with Crippen LogP contribution in [0.3, 0.4) is 0 Å². The molecule has 2 aromatic rings. The minimum atomic E-state index is -0.282. The van der Waals surface area contributed by atoms with E-state index in [1.54, 1.807) is 0 Å². The highest BCUT2D eigenvalue weighted by molar-refractivity contribution is 9.10. The number of halogens is 2. The lowest BCUT2D eigenvalue weighted by molar-refractivity contribution is 0.193. The third-order valence-corrected chi connectivity index (χ3v) is 3.54. The Hall–Kier alpha value is -1.00. The molecule has 1 unspecified atom stereocenters. The van der Waals surface area contributed by atoms with Crippen LogP contribution in [0.4, 0.5) is 4.39 Å². The minimum Gasteiger partial charge on any atom is -0.381 e. The molecule has 1 aromatic carbocycles. The quantitative estimate of drug-likeness (QED) is 0.801. The largest absolute Gasteiger partial charge is 0.381 e. The molecule has 0 saturated carbocycles. The number of ether oxygens (including phenoxy) is 1. The highest BCUT2D eigenvalue weighted by Crippen LogP contribution is 2.27. The van der Waals surface area contributed by atoms with Crippen molar-refractivity contribution in [3.05, 3.63) is 40.2 Å². The molecule has 0 spiro atoms. The van der Waals surface area contributed by atoms with Crippen molar-refractivity contribution in [2.75, 3.05) is 13.2 Å². The van der Waals surface area contributed by atoms with Crippen LogP contribution >= 0.6 is 15.9 Å². The lowest BCUT2D eigenvalue weighted by Gasteiger charge is -2.08. The zero-order valence-corrected chi connectivity index (χ0v) is 10.7. The van der Waals surface area contributed by atoms with Gasteiger partial charge < -0.3 is 4.74 Å². The second kappa shape index (κ2) is 4.35. The van der Waals surface area contributed by atoms with Crippen molar-refractivity contribution in [2.45, 2.75) is 12.3 Å². The molecule has 2 heterocycles. The zero-order chi connectivity index (χ0) is 11.8. The third-order valence-electron chi connectivity index (χ3n) is 3.08. The summed E-state index contributed by atoms with van der Waals surface area (Å²) < 4.78 is 19.9. The number of aromatic nitrogens is 1. The van der Waals surface area contributed by atoms with Gasteiger partial charge in [-0.2, -0.15) is 0 Å². The number of hydrogen-bond donors (Lipinski definition) is 0. The van der Waals surface area contributed by atoms with Crippen LogP contribution in [0.2, 0.25) is 0 Å². The van der Waals surface area contributed by atoms with Crippen molar-refractivity contribution in [1.82, 2.24) is 4.98 Å². The number of rotatable bonds is 1. The Bertz CT molecular complexity index is 567. The predicted octanol–water partition coefficient (Wildman–Crippen LogP) is 3.64. The van der Waals surface area contributed by atoms with Crippen LogP contribution in [0, 0.1) is 5.82 Å². The summed E-state index contributed by atoms with van der Waals surface area (Å²) in [7, 11) is 0. The van der Waals surface area contributed by atoms with Crippen molar-refractivity contribution in [3.8, 4) is 0 Å². The molecular weight excluding hydrogens is 285 g/mol. The van der Waals surface area contributed by atoms with Gasteiger partial charge in [-0.25, -0.2) is 9.37 Å². The zero-order valence-electron chi connectivity index (χ0n) is 9.12. The molecule has 0 N–H and O–H groups in total. The molecule has 1 atom stereocenters. The van der Waals surface area contributed by atoms with E-state index in [9.17, 15) is 4.39 Å². The maximum Gasteiger partial charge on any atom is 0.150 e. The van der Waals surface area contributed by atoms with Gasteiger partial charge in [0.1, 0.15) is 5.52 Å². The Morgan fingerprint density at radius 1 is 1.35 bits per heavy atom. The van der Waals surface area contributed by atoms with Crippen LogP contribution in [-0.4, -0.2) is 18.2 Å². The molecule has 1 fully saturated rings. The first-order chi connectivity index (χ1) is 8.24. The Labute approximate surface area is 107 Å². The number of benzene rings is 1. The lowest BCUT2D eigenvalue weighted by Crippen LogP contribution is -2.01. The summed E-state index contributed by atoms with van der Waals surface area (Å²) in [5.74, 6) is 0.0255. The van der Waals surface area contributed by atoms with Crippen molar-refractivity contribution in [3.63, 3.8) is 0 Å². The van der Waals surface area contributed by atoms with E-state index < -0.39 is 0 Å². The van der Waals surface area contributed by atoms with Gasteiger partial charge in [-0.1, -0.05) is 22.0 Å². The second-order valence-electron chi connectivity index (χ2n) is 4.26. The Balaban J connectivity index is 2.11. The van der Waals surface area contributed by atoms with Gasteiger partial charge in [-0.3, -0.25) is 0 Å². The molecule has 17 heavy (non-hydrogen) atoms. The summed E-state index contributed by atoms with van der Waals surface area (Å²) in [5, 5.41) is 0.819. The SMILES string of the molecule is Fc1cc(Br)cc2ccc(C3CCOC3)nc12. The summed E-state index contributed by atoms with van der Waals surface area (Å²) in [4.78, 5) is 4.42. The fourth-order valence-corrected chi connectivity index (χ4v) is 2.62. The second-order valence-corrected chi connectivity index (χ2v) is 5.17. The van der Waals surface area contributed by atoms with Crippen molar-refractivity contribution >= 4 is 26.8 Å². The van der Waals surface area contributed by atoms with E-state index in [4.69, 9.17) is 4.74 Å². The summed E-state index contributed by atoms with van der Waals surface area (Å²) >= 11 is 3.28. The van der Waals surface area contributed by atoms with Crippen molar-refractivity contribution in [2.24, 2.45) is 0 Å². The molecule has 0 radical (unpaired) electrons. The number of fused-ring (bicyclic) bond motifs is 1. The summed E-state index contributed by atoms with van der Waals surface area (Å²) in [6, 6.07) is 7.21. The van der Waals surface area contributed by atoms with Gasteiger partial charge in [0.25, 0.3) is 0 Å². The van der Waals surface area contributed by atoms with E-state index in [-0.39, 0.29) is 5.82 Å². The fourth-order valence-electron chi connectivity index (χ4n) is 2.17. The first kappa shape index (κ1) is 11.1. The highest BCUT2D eigenvalue weighted by atomic mass is 79.9. The Kier molecular flexibility index (Phi) is 2.84. The standard InChI is InChI=1S/C13H11BrFNO/c14-10-5-8-1-2-12(9-3-4-17-7-9)16-13(8)11(15)6-10/h1-2,5-6,9H,3-4,7H2. The number of pyridine rings is 1. The van der Waals surface area contributed by atoms with Crippen LogP contribution in [0.25, 0.3) is 10.9 Å². The maximum atomic E-state index is 13.8. The monoisotopic (exact) mass is 295 g/mol. The van der Waals surface area contributed by atoms with Gasteiger partial charge in [-0.05, 0) is 24.6 Å². The third kappa shape index (κ3) is 2.07. The van der Waals surface area contributed by atoms with E-state index in [2.05, 4.69) is 20.9 Å². The first-order valence-corrected chi connectivity index (χ1v) is 6.37. The number of hydrogen-bond acceptors (Lipinski definition) is 2. The van der Waals surface area contributed by atoms with Crippen LogP contribution < -0.4 is 0 Å². The van der Waals surface area contributed by atoms with Gasteiger partial charge in [0.2, 0.25) is 0 Å². The van der Waals surface area contributed by atoms with Crippen molar-refractivity contribution < 1.29 is 9.13 Å². The minimum absolute atomic E-state index is 0.282. The molecule has 2 nitrogen and oxygen atoms in total. The van der Waals surface area contributed by atoms with E-state index in [1.165, 1.54) is 6.07 Å². The lowest BCUT2D eigenvalue weighted by atomic mass is 10.0.